The van der Waals surface area contributed by atoms with Gasteiger partial charge < -0.3 is 10.1 Å². The first kappa shape index (κ1) is 14.6. The standard InChI is InChI=1S/C21H25NO/c1-2-4-16(5-3-1)15-23-20-9-6-17(7-10-20)18-8-11-21-19(14-18)12-13-22-21/h6-11,14,16,22H,1-5,12-13,15H2. The van der Waals surface area contributed by atoms with Gasteiger partial charge in [0.05, 0.1) is 6.61 Å². The van der Waals surface area contributed by atoms with Crippen LogP contribution in [0.4, 0.5) is 5.69 Å². The molecule has 2 heteroatoms. The van der Waals surface area contributed by atoms with Gasteiger partial charge in [0.25, 0.3) is 0 Å². The molecule has 0 bridgehead atoms. The summed E-state index contributed by atoms with van der Waals surface area (Å²) in [5.41, 5.74) is 5.29. The van der Waals surface area contributed by atoms with E-state index in [0.29, 0.717) is 0 Å². The maximum atomic E-state index is 6.00. The van der Waals surface area contributed by atoms with Crippen LogP contribution in [0.5, 0.6) is 5.75 Å². The van der Waals surface area contributed by atoms with Gasteiger partial charge >= 0.3 is 0 Å². The van der Waals surface area contributed by atoms with E-state index in [1.54, 1.807) is 0 Å². The van der Waals surface area contributed by atoms with Crippen LogP contribution >= 0.6 is 0 Å². The molecule has 1 aliphatic heterocycles. The number of ether oxygens (including phenoxy) is 1. The Kier molecular flexibility index (Phi) is 4.23. The molecule has 0 amide bonds. The van der Waals surface area contributed by atoms with Crippen molar-refractivity contribution in [2.45, 2.75) is 38.5 Å². The Labute approximate surface area is 138 Å². The fraction of sp³-hybridized carbons (Fsp3) is 0.429. The van der Waals surface area contributed by atoms with Crippen LogP contribution in [0.2, 0.25) is 0 Å². The van der Waals surface area contributed by atoms with Crippen molar-refractivity contribution in [1.29, 1.82) is 0 Å². The van der Waals surface area contributed by atoms with Crippen LogP contribution in [-0.2, 0) is 6.42 Å². The van der Waals surface area contributed by atoms with Crippen LogP contribution < -0.4 is 10.1 Å². The first-order valence-electron chi connectivity index (χ1n) is 8.98. The summed E-state index contributed by atoms with van der Waals surface area (Å²) in [5.74, 6) is 1.76. The van der Waals surface area contributed by atoms with Crippen LogP contribution in [0, 0.1) is 5.92 Å². The second-order valence-electron chi connectivity index (χ2n) is 6.89. The summed E-state index contributed by atoms with van der Waals surface area (Å²) in [6.45, 7) is 1.94. The van der Waals surface area contributed by atoms with Gasteiger partial charge in [0.1, 0.15) is 5.75 Å². The largest absolute Gasteiger partial charge is 0.493 e. The quantitative estimate of drug-likeness (QED) is 0.829. The summed E-state index contributed by atoms with van der Waals surface area (Å²) in [4.78, 5) is 0. The third-order valence-electron chi connectivity index (χ3n) is 5.21. The lowest BCUT2D eigenvalue weighted by molar-refractivity contribution is 0.209. The lowest BCUT2D eigenvalue weighted by atomic mass is 9.90. The Morgan fingerprint density at radius 2 is 1.70 bits per heavy atom. The molecule has 0 spiro atoms. The third kappa shape index (κ3) is 3.36. The Bertz CT molecular complexity index is 656. The lowest BCUT2D eigenvalue weighted by Gasteiger charge is -2.21. The Morgan fingerprint density at radius 1 is 0.913 bits per heavy atom. The highest BCUT2D eigenvalue weighted by molar-refractivity contribution is 5.70. The molecule has 2 aromatic carbocycles. The average Bonchev–Trinajstić information content (AvgIpc) is 3.09. The van der Waals surface area contributed by atoms with Crippen molar-refractivity contribution in [3.05, 3.63) is 48.0 Å². The van der Waals surface area contributed by atoms with E-state index in [1.165, 1.54) is 54.5 Å². The summed E-state index contributed by atoms with van der Waals surface area (Å²) in [5, 5.41) is 3.42. The van der Waals surface area contributed by atoms with Crippen molar-refractivity contribution in [2.75, 3.05) is 18.5 Å². The maximum absolute atomic E-state index is 6.00. The van der Waals surface area contributed by atoms with Gasteiger partial charge in [-0.2, -0.15) is 0 Å². The zero-order valence-electron chi connectivity index (χ0n) is 13.7. The minimum absolute atomic E-state index is 0.757. The number of nitrogens with one attached hydrogen (secondary N) is 1. The number of hydrogen-bond donors (Lipinski definition) is 1. The minimum atomic E-state index is 0.757. The van der Waals surface area contributed by atoms with Crippen LogP contribution in [-0.4, -0.2) is 13.2 Å². The second kappa shape index (κ2) is 6.66. The Hall–Kier alpha value is -1.96. The van der Waals surface area contributed by atoms with Crippen molar-refractivity contribution in [2.24, 2.45) is 5.92 Å². The number of fused-ring (bicyclic) bond motifs is 1. The van der Waals surface area contributed by atoms with E-state index in [-0.39, 0.29) is 0 Å². The van der Waals surface area contributed by atoms with Crippen LogP contribution in [0.1, 0.15) is 37.7 Å². The molecule has 2 aromatic rings. The maximum Gasteiger partial charge on any atom is 0.119 e. The van der Waals surface area contributed by atoms with E-state index in [0.717, 1.165) is 31.2 Å². The number of rotatable bonds is 4. The Morgan fingerprint density at radius 3 is 2.52 bits per heavy atom. The molecular weight excluding hydrogens is 282 g/mol. The van der Waals surface area contributed by atoms with Crippen molar-refractivity contribution in [1.82, 2.24) is 0 Å². The Balaban J connectivity index is 1.41. The molecule has 0 aromatic heterocycles. The molecule has 1 aliphatic carbocycles. The summed E-state index contributed by atoms with van der Waals surface area (Å²) in [6, 6.07) is 15.3. The number of benzene rings is 2. The predicted octanol–water partition coefficient (Wildman–Crippen LogP) is 5.28. The van der Waals surface area contributed by atoms with Crippen molar-refractivity contribution in [3.63, 3.8) is 0 Å². The molecule has 0 atom stereocenters. The zero-order valence-corrected chi connectivity index (χ0v) is 13.7. The molecule has 1 saturated carbocycles. The average molecular weight is 307 g/mol. The predicted molar refractivity (Wildman–Crippen MR) is 96.1 cm³/mol. The normalized spacial score (nSPS) is 17.6. The van der Waals surface area contributed by atoms with E-state index in [1.807, 2.05) is 0 Å². The molecule has 120 valence electrons. The fourth-order valence-electron chi connectivity index (χ4n) is 3.80. The van der Waals surface area contributed by atoms with Gasteiger partial charge in [-0.1, -0.05) is 37.5 Å². The second-order valence-corrected chi connectivity index (χ2v) is 6.89. The molecule has 0 saturated heterocycles. The third-order valence-corrected chi connectivity index (χ3v) is 5.21. The van der Waals surface area contributed by atoms with Crippen LogP contribution in [0.25, 0.3) is 11.1 Å². The van der Waals surface area contributed by atoms with Gasteiger partial charge in [-0.15, -0.1) is 0 Å². The monoisotopic (exact) mass is 307 g/mol. The zero-order chi connectivity index (χ0) is 15.5. The molecule has 0 unspecified atom stereocenters. The van der Waals surface area contributed by atoms with Crippen LogP contribution in [0.15, 0.2) is 42.5 Å². The fourth-order valence-corrected chi connectivity index (χ4v) is 3.80. The van der Waals surface area contributed by atoms with E-state index in [9.17, 15) is 0 Å². The molecule has 2 aliphatic rings. The lowest BCUT2D eigenvalue weighted by Crippen LogP contribution is -2.15. The highest BCUT2D eigenvalue weighted by Crippen LogP contribution is 2.30. The smallest absolute Gasteiger partial charge is 0.119 e. The number of anilines is 1. The molecule has 2 nitrogen and oxygen atoms in total. The van der Waals surface area contributed by atoms with Crippen molar-refractivity contribution >= 4 is 5.69 Å². The SMILES string of the molecule is c1cc(-c2ccc3c(c2)CCN3)ccc1OCC1CCCCC1. The van der Waals surface area contributed by atoms with Crippen molar-refractivity contribution in [3.8, 4) is 16.9 Å². The number of hydrogen-bond acceptors (Lipinski definition) is 2. The van der Waals surface area contributed by atoms with Gasteiger partial charge in [0.15, 0.2) is 0 Å². The summed E-state index contributed by atoms with van der Waals surface area (Å²) in [6.07, 6.45) is 7.95. The molecule has 23 heavy (non-hydrogen) atoms. The van der Waals surface area contributed by atoms with E-state index in [2.05, 4.69) is 47.8 Å². The van der Waals surface area contributed by atoms with E-state index in [4.69, 9.17) is 4.74 Å². The van der Waals surface area contributed by atoms with Gasteiger partial charge in [0, 0.05) is 12.2 Å². The summed E-state index contributed by atoms with van der Waals surface area (Å²) >= 11 is 0. The molecule has 4 rings (SSSR count). The topological polar surface area (TPSA) is 21.3 Å². The molecule has 1 N–H and O–H groups in total. The van der Waals surface area contributed by atoms with Gasteiger partial charge in [-0.05, 0) is 66.1 Å². The summed E-state index contributed by atoms with van der Waals surface area (Å²) < 4.78 is 6.00. The highest BCUT2D eigenvalue weighted by atomic mass is 16.5. The molecular formula is C21H25NO. The molecule has 1 fully saturated rings. The minimum Gasteiger partial charge on any atom is -0.493 e. The molecule has 0 radical (unpaired) electrons. The van der Waals surface area contributed by atoms with Crippen LogP contribution in [0.3, 0.4) is 0 Å². The van der Waals surface area contributed by atoms with Gasteiger partial charge in [-0.25, -0.2) is 0 Å². The van der Waals surface area contributed by atoms with E-state index < -0.39 is 0 Å². The first-order chi connectivity index (χ1) is 11.4. The first-order valence-corrected chi connectivity index (χ1v) is 8.98. The molecule has 1 heterocycles. The van der Waals surface area contributed by atoms with E-state index >= 15 is 0 Å². The van der Waals surface area contributed by atoms with Crippen molar-refractivity contribution < 1.29 is 4.74 Å². The highest BCUT2D eigenvalue weighted by Gasteiger charge is 2.14. The summed E-state index contributed by atoms with van der Waals surface area (Å²) in [7, 11) is 0. The van der Waals surface area contributed by atoms with Gasteiger partial charge in [0.2, 0.25) is 0 Å². The van der Waals surface area contributed by atoms with Gasteiger partial charge in [-0.3, -0.25) is 0 Å².